The lowest BCUT2D eigenvalue weighted by molar-refractivity contribution is 0.514. The van der Waals surface area contributed by atoms with Crippen LogP contribution in [0.1, 0.15) is 186 Å². The average molecular weight is 447 g/mol. The molecule has 0 atom stereocenters. The van der Waals surface area contributed by atoms with Crippen LogP contribution in [0.5, 0.6) is 0 Å². The van der Waals surface area contributed by atoms with E-state index in [4.69, 9.17) is 6.58 Å². The van der Waals surface area contributed by atoms with Crippen LogP contribution in [0.15, 0.2) is 6.08 Å². The van der Waals surface area contributed by atoms with Gasteiger partial charge in [0, 0.05) is 0 Å². The number of unbranched alkanes of at least 4 members (excludes halogenated alkanes) is 28. The molecule has 32 heavy (non-hydrogen) atoms. The molecule has 0 heterocycles. The Labute approximate surface area is 205 Å². The molecule has 0 saturated carbocycles. The second-order valence-electron chi connectivity index (χ2n) is 10.4. The normalized spacial score (nSPS) is 11.3. The van der Waals surface area contributed by atoms with Gasteiger partial charge in [-0.25, -0.2) is 0 Å². The van der Waals surface area contributed by atoms with Gasteiger partial charge in [0.25, 0.3) is 0 Å². The van der Waals surface area contributed by atoms with Crippen molar-refractivity contribution in [3.63, 3.8) is 0 Å². The van der Waals surface area contributed by atoms with Crippen LogP contribution in [-0.2, 0) is 0 Å². The Bertz CT molecular complexity index is 318. The minimum atomic E-state index is 1.10. The van der Waals surface area contributed by atoms with Crippen molar-refractivity contribution in [3.05, 3.63) is 19.6 Å². The van der Waals surface area contributed by atoms with Crippen LogP contribution in [0.3, 0.4) is 0 Å². The smallest absolute Gasteiger partial charge is 0.0348 e. The van der Waals surface area contributed by atoms with E-state index in [0.717, 1.165) is 12.8 Å². The maximum atomic E-state index is 5.41. The van der Waals surface area contributed by atoms with E-state index < -0.39 is 0 Å². The van der Waals surface area contributed by atoms with Crippen molar-refractivity contribution in [2.45, 2.75) is 186 Å². The number of allylic oxidation sites excluding steroid dienone is 1. The highest BCUT2D eigenvalue weighted by Crippen LogP contribution is 2.16. The molecule has 0 saturated heterocycles. The molecular weight excluding hydrogens is 384 g/mol. The lowest BCUT2D eigenvalue weighted by atomic mass is 10.0. The molecule has 0 aliphatic carbocycles. The van der Waals surface area contributed by atoms with Gasteiger partial charge in [-0.2, -0.15) is 0 Å². The summed E-state index contributed by atoms with van der Waals surface area (Å²) in [5, 5.41) is 0. The third-order valence-electron chi connectivity index (χ3n) is 7.12. The Balaban J connectivity index is 2.99. The van der Waals surface area contributed by atoms with E-state index in [-0.39, 0.29) is 0 Å². The highest BCUT2D eigenvalue weighted by molar-refractivity contribution is 4.61. The third kappa shape index (κ3) is 29.7. The molecule has 2 radical (unpaired) electrons. The van der Waals surface area contributed by atoms with Crippen molar-refractivity contribution in [2.24, 2.45) is 0 Å². The summed E-state index contributed by atoms with van der Waals surface area (Å²) in [4.78, 5) is 0. The van der Waals surface area contributed by atoms with Crippen LogP contribution in [0.4, 0.5) is 0 Å². The fraction of sp³-hybridized carbons (Fsp3) is 0.906. The summed E-state index contributed by atoms with van der Waals surface area (Å²) in [6, 6.07) is 0. The lowest BCUT2D eigenvalue weighted by Gasteiger charge is -2.04. The van der Waals surface area contributed by atoms with Gasteiger partial charge in [-0.1, -0.05) is 193 Å². The highest BCUT2D eigenvalue weighted by atomic mass is 14.0. The van der Waals surface area contributed by atoms with Crippen molar-refractivity contribution in [2.75, 3.05) is 0 Å². The van der Waals surface area contributed by atoms with Crippen LogP contribution >= 0.6 is 0 Å². The van der Waals surface area contributed by atoms with Crippen molar-refractivity contribution < 1.29 is 0 Å². The van der Waals surface area contributed by atoms with Crippen LogP contribution in [0.2, 0.25) is 0 Å². The van der Waals surface area contributed by atoms with Crippen molar-refractivity contribution >= 4 is 0 Å². The third-order valence-corrected chi connectivity index (χ3v) is 7.12. The zero-order chi connectivity index (χ0) is 23.2. The summed E-state index contributed by atoms with van der Waals surface area (Å²) in [6.45, 7) is 9.33. The van der Waals surface area contributed by atoms with Gasteiger partial charge in [0.1, 0.15) is 0 Å². The van der Waals surface area contributed by atoms with Gasteiger partial charge in [-0.05, 0) is 12.8 Å². The summed E-state index contributed by atoms with van der Waals surface area (Å²) in [5.41, 5.74) is 0. The molecule has 0 unspecified atom stereocenters. The quantitative estimate of drug-likeness (QED) is 0.100. The van der Waals surface area contributed by atoms with Crippen LogP contribution in [-0.4, -0.2) is 0 Å². The lowest BCUT2D eigenvalue weighted by Crippen LogP contribution is -1.85. The molecule has 0 amide bonds. The second kappa shape index (κ2) is 30.7. The van der Waals surface area contributed by atoms with Crippen LogP contribution in [0, 0.1) is 13.5 Å². The molecule has 0 rings (SSSR count). The molecule has 0 aromatic heterocycles. The summed E-state index contributed by atoms with van der Waals surface area (Å²) < 4.78 is 0. The number of hydrogen-bond acceptors (Lipinski definition) is 0. The zero-order valence-electron chi connectivity index (χ0n) is 22.4. The van der Waals surface area contributed by atoms with E-state index in [0.29, 0.717) is 0 Å². The molecule has 0 heteroatoms. The van der Waals surface area contributed by atoms with Gasteiger partial charge in [-0.3, -0.25) is 0 Å². The molecule has 0 spiro atoms. The Morgan fingerprint density at radius 2 is 0.500 bits per heavy atom. The molecule has 0 bridgehead atoms. The predicted molar refractivity (Wildman–Crippen MR) is 148 cm³/mol. The summed E-state index contributed by atoms with van der Waals surface area (Å²) in [6.07, 6.45) is 43.2. The molecule has 0 aromatic carbocycles. The summed E-state index contributed by atoms with van der Waals surface area (Å²) in [5.74, 6) is 0. The van der Waals surface area contributed by atoms with Crippen molar-refractivity contribution in [3.8, 4) is 0 Å². The van der Waals surface area contributed by atoms with E-state index >= 15 is 0 Å². The second-order valence-corrected chi connectivity index (χ2v) is 10.4. The standard InChI is InChI=1S/C32H62/c1-3-5-7-9-11-13-15-17-19-21-23-25-27-29-31-32-30-28-26-24-22-20-18-16-14-12-10-8-6-4-2/h1,3H,2,4-32H2. The Kier molecular flexibility index (Phi) is 30.5. The van der Waals surface area contributed by atoms with Gasteiger partial charge < -0.3 is 0 Å². The number of rotatable bonds is 29. The molecule has 0 N–H and O–H groups in total. The minimum absolute atomic E-state index is 1.10. The zero-order valence-corrected chi connectivity index (χ0v) is 22.4. The first-order valence-electron chi connectivity index (χ1n) is 15.2. The fourth-order valence-corrected chi connectivity index (χ4v) is 4.86. The SMILES string of the molecule is [CH]=CCCCCCCCCCCCCCCCCCCCCCCCCCCCCC[CH2]. The van der Waals surface area contributed by atoms with E-state index in [1.807, 2.05) is 0 Å². The van der Waals surface area contributed by atoms with E-state index in [9.17, 15) is 0 Å². The Morgan fingerprint density at radius 1 is 0.312 bits per heavy atom. The Morgan fingerprint density at radius 3 is 0.688 bits per heavy atom. The maximum absolute atomic E-state index is 5.41. The minimum Gasteiger partial charge on any atom is -0.0845 e. The topological polar surface area (TPSA) is 0 Å². The molecule has 0 fully saturated rings. The first-order chi connectivity index (χ1) is 15.9. The fourth-order valence-electron chi connectivity index (χ4n) is 4.86. The van der Waals surface area contributed by atoms with Crippen LogP contribution in [0.25, 0.3) is 0 Å². The largest absolute Gasteiger partial charge is 0.0845 e. The summed E-state index contributed by atoms with van der Waals surface area (Å²) >= 11 is 0. The van der Waals surface area contributed by atoms with Crippen molar-refractivity contribution in [1.82, 2.24) is 0 Å². The Hall–Kier alpha value is -0.260. The van der Waals surface area contributed by atoms with Crippen LogP contribution < -0.4 is 0 Å². The van der Waals surface area contributed by atoms with E-state index in [1.165, 1.54) is 173 Å². The molecular formula is C32H62. The molecule has 0 aromatic rings. The predicted octanol–water partition coefficient (Wildman–Crippen LogP) is 12.1. The van der Waals surface area contributed by atoms with Gasteiger partial charge in [0.05, 0.1) is 0 Å². The van der Waals surface area contributed by atoms with Gasteiger partial charge in [0.15, 0.2) is 0 Å². The number of hydrogen-bond donors (Lipinski definition) is 0. The molecule has 0 nitrogen and oxygen atoms in total. The first-order valence-corrected chi connectivity index (χ1v) is 15.2. The average Bonchev–Trinajstić information content (AvgIpc) is 2.81. The van der Waals surface area contributed by atoms with Gasteiger partial charge in [-0.15, -0.1) is 0 Å². The van der Waals surface area contributed by atoms with E-state index in [2.05, 4.69) is 6.92 Å². The van der Waals surface area contributed by atoms with E-state index in [1.54, 1.807) is 6.08 Å². The van der Waals surface area contributed by atoms with Gasteiger partial charge >= 0.3 is 0 Å². The molecule has 0 aliphatic rings. The highest BCUT2D eigenvalue weighted by Gasteiger charge is 1.96. The monoisotopic (exact) mass is 446 g/mol. The first kappa shape index (κ1) is 31.7. The van der Waals surface area contributed by atoms with Gasteiger partial charge in [0.2, 0.25) is 0 Å². The molecule has 190 valence electrons. The summed E-state index contributed by atoms with van der Waals surface area (Å²) in [7, 11) is 0. The molecule has 0 aliphatic heterocycles. The van der Waals surface area contributed by atoms with Crippen molar-refractivity contribution in [1.29, 1.82) is 0 Å². The maximum Gasteiger partial charge on any atom is -0.0348 e.